The van der Waals surface area contributed by atoms with Crippen LogP contribution in [0.25, 0.3) is 0 Å². The fourth-order valence-corrected chi connectivity index (χ4v) is 1.22. The lowest BCUT2D eigenvalue weighted by molar-refractivity contribution is -0.144. The fourth-order valence-electron chi connectivity index (χ4n) is 0.942. The van der Waals surface area contributed by atoms with Gasteiger partial charge in [0.1, 0.15) is 5.75 Å². The molecule has 0 aromatic heterocycles. The number of carbonyl (C=O) groups is 1. The molecule has 76 valence electrons. The Balaban J connectivity index is 2.82. The monoisotopic (exact) mass is 214 g/mol. The molecule has 0 amide bonds. The third-order valence-corrected chi connectivity index (χ3v) is 2.03. The van der Waals surface area contributed by atoms with Gasteiger partial charge in [-0.2, -0.15) is 0 Å². The SMILES string of the molecule is Cc1ccc(OC(C)C(=O)O)c(Cl)c1. The highest BCUT2D eigenvalue weighted by molar-refractivity contribution is 6.32. The number of benzene rings is 1. The summed E-state index contributed by atoms with van der Waals surface area (Å²) in [6.07, 6.45) is -0.893. The lowest BCUT2D eigenvalue weighted by Crippen LogP contribution is -2.22. The first-order chi connectivity index (χ1) is 6.50. The van der Waals surface area contributed by atoms with E-state index in [-0.39, 0.29) is 0 Å². The lowest BCUT2D eigenvalue weighted by atomic mass is 10.2. The van der Waals surface area contributed by atoms with E-state index < -0.39 is 12.1 Å². The predicted octanol–water partition coefficient (Wildman–Crippen LogP) is 2.50. The number of carboxylic acid groups (broad SMARTS) is 1. The van der Waals surface area contributed by atoms with Crippen LogP contribution >= 0.6 is 11.6 Å². The molecule has 1 aromatic carbocycles. The predicted molar refractivity (Wildman–Crippen MR) is 53.9 cm³/mol. The summed E-state index contributed by atoms with van der Waals surface area (Å²) in [5, 5.41) is 9.05. The van der Waals surface area contributed by atoms with Crippen molar-refractivity contribution in [2.24, 2.45) is 0 Å². The van der Waals surface area contributed by atoms with E-state index >= 15 is 0 Å². The Morgan fingerprint density at radius 2 is 2.21 bits per heavy atom. The summed E-state index contributed by atoms with van der Waals surface area (Å²) >= 11 is 5.86. The standard InChI is InChI=1S/C10H11ClO3/c1-6-3-4-9(8(11)5-6)14-7(2)10(12)13/h3-5,7H,1-2H3,(H,12,13). The smallest absolute Gasteiger partial charge is 0.344 e. The third kappa shape index (κ3) is 2.64. The van der Waals surface area contributed by atoms with Crippen molar-refractivity contribution >= 4 is 17.6 Å². The molecule has 1 rings (SSSR count). The molecule has 0 saturated heterocycles. The summed E-state index contributed by atoms with van der Waals surface area (Å²) < 4.78 is 5.13. The minimum Gasteiger partial charge on any atom is -0.479 e. The van der Waals surface area contributed by atoms with Gasteiger partial charge in [0.2, 0.25) is 0 Å². The van der Waals surface area contributed by atoms with Gasteiger partial charge < -0.3 is 9.84 Å². The first kappa shape index (κ1) is 10.9. The molecule has 0 heterocycles. The Bertz CT molecular complexity index is 349. The van der Waals surface area contributed by atoms with Gasteiger partial charge in [0, 0.05) is 0 Å². The highest BCUT2D eigenvalue weighted by atomic mass is 35.5. The summed E-state index contributed by atoms with van der Waals surface area (Å²) in [6, 6.07) is 5.21. The van der Waals surface area contributed by atoms with E-state index in [1.54, 1.807) is 12.1 Å². The molecule has 0 aliphatic heterocycles. The summed E-state index contributed by atoms with van der Waals surface area (Å²) in [7, 11) is 0. The third-order valence-electron chi connectivity index (χ3n) is 1.74. The van der Waals surface area contributed by atoms with E-state index in [0.717, 1.165) is 5.56 Å². The normalized spacial score (nSPS) is 12.2. The molecule has 0 radical (unpaired) electrons. The molecule has 0 spiro atoms. The minimum absolute atomic E-state index is 0.396. The van der Waals surface area contributed by atoms with Crippen molar-refractivity contribution in [2.45, 2.75) is 20.0 Å². The topological polar surface area (TPSA) is 46.5 Å². The summed E-state index contributed by atoms with van der Waals surface area (Å²) in [4.78, 5) is 10.5. The van der Waals surface area contributed by atoms with Crippen molar-refractivity contribution in [1.29, 1.82) is 0 Å². The van der Waals surface area contributed by atoms with Crippen LogP contribution in [0, 0.1) is 6.92 Å². The molecule has 0 fully saturated rings. The Morgan fingerprint density at radius 3 is 2.71 bits per heavy atom. The molecular weight excluding hydrogens is 204 g/mol. The van der Waals surface area contributed by atoms with Gasteiger partial charge in [-0.15, -0.1) is 0 Å². The van der Waals surface area contributed by atoms with E-state index in [4.69, 9.17) is 21.4 Å². The number of hydrogen-bond donors (Lipinski definition) is 1. The molecule has 3 nitrogen and oxygen atoms in total. The van der Waals surface area contributed by atoms with E-state index in [0.29, 0.717) is 10.8 Å². The molecule has 1 N–H and O–H groups in total. The maximum atomic E-state index is 10.5. The minimum atomic E-state index is -1.01. The van der Waals surface area contributed by atoms with Gasteiger partial charge in [-0.25, -0.2) is 4.79 Å². The van der Waals surface area contributed by atoms with Crippen molar-refractivity contribution in [3.63, 3.8) is 0 Å². The van der Waals surface area contributed by atoms with Crippen LogP contribution in [0.3, 0.4) is 0 Å². The van der Waals surface area contributed by atoms with Crippen LogP contribution in [-0.4, -0.2) is 17.2 Å². The zero-order chi connectivity index (χ0) is 10.7. The van der Waals surface area contributed by atoms with Crippen LogP contribution in [0.5, 0.6) is 5.75 Å². The number of ether oxygens (including phenoxy) is 1. The van der Waals surface area contributed by atoms with Gasteiger partial charge in [-0.3, -0.25) is 0 Å². The molecule has 14 heavy (non-hydrogen) atoms. The highest BCUT2D eigenvalue weighted by Crippen LogP contribution is 2.25. The van der Waals surface area contributed by atoms with Gasteiger partial charge in [0.25, 0.3) is 0 Å². The number of rotatable bonds is 3. The number of aliphatic carboxylic acids is 1. The highest BCUT2D eigenvalue weighted by Gasteiger charge is 2.13. The average Bonchev–Trinajstić information content (AvgIpc) is 2.09. The number of aryl methyl sites for hydroxylation is 1. The van der Waals surface area contributed by atoms with Crippen molar-refractivity contribution in [3.05, 3.63) is 28.8 Å². The Hall–Kier alpha value is -1.22. The van der Waals surface area contributed by atoms with Crippen LogP contribution in [0.1, 0.15) is 12.5 Å². The quantitative estimate of drug-likeness (QED) is 0.841. The van der Waals surface area contributed by atoms with E-state index in [1.807, 2.05) is 13.0 Å². The van der Waals surface area contributed by atoms with Crippen molar-refractivity contribution in [3.8, 4) is 5.75 Å². The van der Waals surface area contributed by atoms with Gasteiger partial charge in [-0.05, 0) is 31.5 Å². The zero-order valence-corrected chi connectivity index (χ0v) is 8.71. The number of halogens is 1. The number of carboxylic acids is 1. The van der Waals surface area contributed by atoms with Crippen LogP contribution < -0.4 is 4.74 Å². The first-order valence-electron chi connectivity index (χ1n) is 4.16. The summed E-state index contributed by atoms with van der Waals surface area (Å²) in [5.74, 6) is -0.617. The molecule has 0 bridgehead atoms. The van der Waals surface area contributed by atoms with E-state index in [1.165, 1.54) is 6.92 Å². The number of hydrogen-bond acceptors (Lipinski definition) is 2. The first-order valence-corrected chi connectivity index (χ1v) is 4.54. The van der Waals surface area contributed by atoms with Crippen LogP contribution in [0.15, 0.2) is 18.2 Å². The second-order valence-electron chi connectivity index (χ2n) is 3.03. The Kier molecular flexibility index (Phi) is 3.36. The molecule has 0 saturated carbocycles. The molecule has 1 unspecified atom stereocenters. The summed E-state index contributed by atoms with van der Waals surface area (Å²) in [6.45, 7) is 3.36. The van der Waals surface area contributed by atoms with Gasteiger partial charge in [-0.1, -0.05) is 17.7 Å². The van der Waals surface area contributed by atoms with Gasteiger partial charge in [0.05, 0.1) is 5.02 Å². The molecule has 0 aliphatic rings. The molecule has 1 atom stereocenters. The maximum Gasteiger partial charge on any atom is 0.344 e. The van der Waals surface area contributed by atoms with Gasteiger partial charge >= 0.3 is 5.97 Å². The zero-order valence-electron chi connectivity index (χ0n) is 7.95. The second kappa shape index (κ2) is 4.33. The van der Waals surface area contributed by atoms with Crippen molar-refractivity contribution in [2.75, 3.05) is 0 Å². The van der Waals surface area contributed by atoms with E-state index in [2.05, 4.69) is 0 Å². The van der Waals surface area contributed by atoms with Crippen molar-refractivity contribution < 1.29 is 14.6 Å². The second-order valence-corrected chi connectivity index (χ2v) is 3.44. The van der Waals surface area contributed by atoms with Gasteiger partial charge in [0.15, 0.2) is 6.10 Å². The largest absolute Gasteiger partial charge is 0.479 e. The lowest BCUT2D eigenvalue weighted by Gasteiger charge is -2.11. The van der Waals surface area contributed by atoms with Crippen LogP contribution in [0.2, 0.25) is 5.02 Å². The summed E-state index contributed by atoms with van der Waals surface area (Å²) in [5.41, 5.74) is 1.00. The Labute approximate surface area is 87.3 Å². The van der Waals surface area contributed by atoms with Crippen LogP contribution in [-0.2, 0) is 4.79 Å². The maximum absolute atomic E-state index is 10.5. The fraction of sp³-hybridized carbons (Fsp3) is 0.300. The van der Waals surface area contributed by atoms with Crippen molar-refractivity contribution in [1.82, 2.24) is 0 Å². The molecule has 4 heteroatoms. The van der Waals surface area contributed by atoms with E-state index in [9.17, 15) is 4.79 Å². The molecule has 1 aromatic rings. The Morgan fingerprint density at radius 1 is 1.57 bits per heavy atom. The molecular formula is C10H11ClO3. The van der Waals surface area contributed by atoms with Crippen LogP contribution in [0.4, 0.5) is 0 Å². The molecule has 0 aliphatic carbocycles. The average molecular weight is 215 g/mol.